The van der Waals surface area contributed by atoms with Gasteiger partial charge >= 0.3 is 52.1 Å². The molecule has 0 aliphatic rings. The van der Waals surface area contributed by atoms with Crippen LogP contribution in [0.5, 0.6) is 0 Å². The van der Waals surface area contributed by atoms with Gasteiger partial charge in [-0.25, -0.2) is 0 Å². The summed E-state index contributed by atoms with van der Waals surface area (Å²) in [7, 11) is -10.1. The normalized spacial score (nSPS) is 15.7. The van der Waals surface area contributed by atoms with E-state index < -0.39 is 52.1 Å². The standard InChI is InChI=1S/C33H81NO10Si6/c1-14-15-16-17-18-19-20-21-22-23-24-25-26-27-28-29-32-48(13,36-3)43-50(39-6,44-49(37-4,38-5)33-30-31-34)42-47(11,12)41-46(9,10)40-45(7,8)35-2/h14-34H2,1-13H3. The van der Waals surface area contributed by atoms with Gasteiger partial charge in [0.25, 0.3) is 0 Å². The molecule has 0 bridgehead atoms. The number of unbranched alkanes of at least 4 members (excludes halogenated alkanes) is 15. The zero-order valence-corrected chi connectivity index (χ0v) is 40.8. The molecule has 0 saturated heterocycles. The smallest absolute Gasteiger partial charge is 0.416 e. The van der Waals surface area contributed by atoms with Crippen molar-refractivity contribution in [2.75, 3.05) is 42.1 Å². The van der Waals surface area contributed by atoms with Gasteiger partial charge in [-0.05, 0) is 64.8 Å². The van der Waals surface area contributed by atoms with Crippen molar-refractivity contribution in [1.82, 2.24) is 0 Å². The van der Waals surface area contributed by atoms with Gasteiger partial charge in [0.2, 0.25) is 0 Å². The molecule has 0 aromatic heterocycles. The molecule has 0 aromatic rings. The molecule has 302 valence electrons. The Morgan fingerprint density at radius 2 is 0.800 bits per heavy atom. The molecule has 0 aliphatic heterocycles. The Bertz CT molecular complexity index is 847. The predicted octanol–water partition coefficient (Wildman–Crippen LogP) is 9.46. The highest BCUT2D eigenvalue weighted by Gasteiger charge is 2.62. The molecule has 17 heteroatoms. The molecule has 50 heavy (non-hydrogen) atoms. The maximum Gasteiger partial charge on any atom is 0.653 e. The molecule has 0 fully saturated rings. The maximum atomic E-state index is 6.91. The molecule has 0 amide bonds. The summed E-state index contributed by atoms with van der Waals surface area (Å²) >= 11 is 0. The minimum absolute atomic E-state index is 0.470. The van der Waals surface area contributed by atoms with Gasteiger partial charge in [0.05, 0.1) is 0 Å². The number of rotatable bonds is 35. The molecule has 0 rings (SSSR count). The molecule has 2 atom stereocenters. The van der Waals surface area contributed by atoms with Crippen LogP contribution in [0.4, 0.5) is 0 Å². The van der Waals surface area contributed by atoms with E-state index in [0.29, 0.717) is 19.0 Å². The third-order valence-electron chi connectivity index (χ3n) is 8.94. The van der Waals surface area contributed by atoms with Crippen LogP contribution in [-0.2, 0) is 42.7 Å². The maximum absolute atomic E-state index is 6.91. The topological polar surface area (TPSA) is 118 Å². The lowest BCUT2D eigenvalue weighted by Gasteiger charge is -2.44. The van der Waals surface area contributed by atoms with E-state index in [1.165, 1.54) is 89.9 Å². The quantitative estimate of drug-likeness (QED) is 0.0487. The van der Waals surface area contributed by atoms with Gasteiger partial charge in [0.1, 0.15) is 0 Å². The van der Waals surface area contributed by atoms with E-state index in [1.54, 1.807) is 35.5 Å². The number of hydrogen-bond donors (Lipinski definition) is 1. The van der Waals surface area contributed by atoms with Crippen molar-refractivity contribution in [3.8, 4) is 0 Å². The van der Waals surface area contributed by atoms with Crippen molar-refractivity contribution >= 4 is 52.1 Å². The van der Waals surface area contributed by atoms with E-state index in [0.717, 1.165) is 18.9 Å². The lowest BCUT2D eigenvalue weighted by atomic mass is 10.0. The summed E-state index contributed by atoms with van der Waals surface area (Å²) in [5.41, 5.74) is 5.88. The van der Waals surface area contributed by atoms with Crippen LogP contribution < -0.4 is 5.73 Å². The summed E-state index contributed by atoms with van der Waals surface area (Å²) in [6, 6.07) is 1.27. The predicted molar refractivity (Wildman–Crippen MR) is 219 cm³/mol. The zero-order valence-electron chi connectivity index (χ0n) is 34.8. The second-order valence-corrected chi connectivity index (χ2v) is 35.1. The second-order valence-electron chi connectivity index (χ2n) is 15.0. The van der Waals surface area contributed by atoms with Crippen LogP contribution in [0.1, 0.15) is 116 Å². The van der Waals surface area contributed by atoms with Crippen LogP contribution in [0.2, 0.25) is 57.9 Å². The van der Waals surface area contributed by atoms with Crippen LogP contribution in [0.25, 0.3) is 0 Å². The SMILES string of the molecule is CCCCCCCCCCCCCCCCCC[Si](C)(OC)O[Si](OC)(O[Si](C)(C)O[Si](C)(C)O[Si](C)(C)OC)O[Si](CCCN)(OC)OC. The number of nitrogens with two attached hydrogens (primary N) is 1. The van der Waals surface area contributed by atoms with E-state index in [9.17, 15) is 0 Å². The Labute approximate surface area is 315 Å². The van der Waals surface area contributed by atoms with Gasteiger partial charge < -0.3 is 48.4 Å². The molecule has 2 N–H and O–H groups in total. The minimum Gasteiger partial charge on any atom is -0.416 e. The first-order valence-corrected chi connectivity index (χ1v) is 34.0. The summed E-state index contributed by atoms with van der Waals surface area (Å²) in [5.74, 6) is 0. The zero-order chi connectivity index (χ0) is 38.2. The molecule has 2 unspecified atom stereocenters. The highest BCUT2D eigenvalue weighted by molar-refractivity contribution is 6.88. The lowest BCUT2D eigenvalue weighted by Crippen LogP contribution is -2.68. The van der Waals surface area contributed by atoms with Gasteiger partial charge in [0, 0.05) is 41.6 Å². The van der Waals surface area contributed by atoms with Crippen LogP contribution in [0, 0.1) is 0 Å². The first-order chi connectivity index (χ1) is 23.5. The fourth-order valence-corrected chi connectivity index (χ4v) is 29.8. The average molecular weight is 821 g/mol. The van der Waals surface area contributed by atoms with Gasteiger partial charge in [-0.15, -0.1) is 0 Å². The Kier molecular flexibility index (Phi) is 27.1. The van der Waals surface area contributed by atoms with E-state index >= 15 is 0 Å². The summed E-state index contributed by atoms with van der Waals surface area (Å²) in [6.07, 6.45) is 21.8. The van der Waals surface area contributed by atoms with Crippen LogP contribution in [-0.4, -0.2) is 94.2 Å². The Hall–Kier alpha value is 0.861. The van der Waals surface area contributed by atoms with E-state index in [-0.39, 0.29) is 0 Å². The minimum atomic E-state index is -3.97. The van der Waals surface area contributed by atoms with Gasteiger partial charge in [-0.2, -0.15) is 0 Å². The van der Waals surface area contributed by atoms with Gasteiger partial charge in [-0.1, -0.05) is 110 Å². The van der Waals surface area contributed by atoms with Crippen LogP contribution in [0.15, 0.2) is 0 Å². The molecule has 0 radical (unpaired) electrons. The summed E-state index contributed by atoms with van der Waals surface area (Å²) in [6.45, 7) is 16.8. The highest BCUT2D eigenvalue weighted by atomic mass is 28.5. The number of hydrogen-bond acceptors (Lipinski definition) is 11. The van der Waals surface area contributed by atoms with Gasteiger partial charge in [0.15, 0.2) is 0 Å². The third kappa shape index (κ3) is 22.9. The van der Waals surface area contributed by atoms with Crippen LogP contribution >= 0.6 is 0 Å². The Morgan fingerprint density at radius 3 is 1.18 bits per heavy atom. The second kappa shape index (κ2) is 26.6. The highest BCUT2D eigenvalue weighted by Crippen LogP contribution is 2.33. The van der Waals surface area contributed by atoms with Gasteiger partial charge in [-0.3, -0.25) is 0 Å². The fourth-order valence-electron chi connectivity index (χ4n) is 6.14. The summed E-state index contributed by atoms with van der Waals surface area (Å²) in [5, 5.41) is 0. The monoisotopic (exact) mass is 819 g/mol. The van der Waals surface area contributed by atoms with Crippen molar-refractivity contribution in [3.05, 3.63) is 0 Å². The van der Waals surface area contributed by atoms with E-state index in [4.69, 9.17) is 48.4 Å². The first-order valence-electron chi connectivity index (χ1n) is 19.4. The largest absolute Gasteiger partial charge is 0.653 e. The molecule has 0 saturated carbocycles. The van der Waals surface area contributed by atoms with E-state index in [2.05, 4.69) is 13.5 Å². The summed E-state index contributed by atoms with van der Waals surface area (Å²) < 4.78 is 63.5. The Morgan fingerprint density at radius 1 is 0.380 bits per heavy atom. The van der Waals surface area contributed by atoms with Crippen molar-refractivity contribution in [1.29, 1.82) is 0 Å². The molecule has 0 heterocycles. The van der Waals surface area contributed by atoms with Crippen molar-refractivity contribution in [3.63, 3.8) is 0 Å². The van der Waals surface area contributed by atoms with E-state index in [1.807, 2.05) is 39.3 Å². The molecule has 11 nitrogen and oxygen atoms in total. The lowest BCUT2D eigenvalue weighted by molar-refractivity contribution is 0.0406. The first kappa shape index (κ1) is 50.9. The van der Waals surface area contributed by atoms with Crippen molar-refractivity contribution in [2.24, 2.45) is 5.73 Å². The molecule has 0 aromatic carbocycles. The molecule has 0 aliphatic carbocycles. The van der Waals surface area contributed by atoms with Crippen molar-refractivity contribution in [2.45, 2.75) is 174 Å². The molecule has 0 spiro atoms. The third-order valence-corrected chi connectivity index (χ3v) is 30.6. The van der Waals surface area contributed by atoms with Crippen molar-refractivity contribution < 1.29 is 42.7 Å². The van der Waals surface area contributed by atoms with Crippen LogP contribution in [0.3, 0.4) is 0 Å². The fraction of sp³-hybridized carbons (Fsp3) is 1.00. The Balaban J connectivity index is 5.39. The molecular weight excluding hydrogens is 739 g/mol. The average Bonchev–Trinajstić information content (AvgIpc) is 3.05. The summed E-state index contributed by atoms with van der Waals surface area (Å²) in [4.78, 5) is 0. The molecular formula is C33H81NO10Si6.